The van der Waals surface area contributed by atoms with Crippen molar-refractivity contribution in [2.45, 2.75) is 25.3 Å². The summed E-state index contributed by atoms with van der Waals surface area (Å²) in [4.78, 5) is 15.6. The summed E-state index contributed by atoms with van der Waals surface area (Å²) < 4.78 is 0. The van der Waals surface area contributed by atoms with Gasteiger partial charge in [0.25, 0.3) is 0 Å². The minimum atomic E-state index is -0.641. The Bertz CT molecular complexity index is 272. The van der Waals surface area contributed by atoms with Crippen molar-refractivity contribution in [3.05, 3.63) is 0 Å². The van der Waals surface area contributed by atoms with E-state index in [-0.39, 0.29) is 18.6 Å². The number of nitrogens with zero attached hydrogens (tertiary/aromatic N) is 2. The van der Waals surface area contributed by atoms with E-state index in [2.05, 4.69) is 9.80 Å². The van der Waals surface area contributed by atoms with E-state index in [0.717, 1.165) is 52.0 Å². The molecular formula is C12H22N2O3. The molecule has 5 heteroatoms. The fourth-order valence-corrected chi connectivity index (χ4v) is 2.90. The second-order valence-electron chi connectivity index (χ2n) is 5.04. The highest BCUT2D eigenvalue weighted by atomic mass is 16.4. The largest absolute Gasteiger partial charge is 0.481 e. The number of β-amino-alcohol motifs (C(OH)–C–C–N with tert-alkyl or cyclic N) is 1. The van der Waals surface area contributed by atoms with Gasteiger partial charge in [-0.15, -0.1) is 0 Å². The molecule has 2 rings (SSSR count). The van der Waals surface area contributed by atoms with Crippen molar-refractivity contribution < 1.29 is 15.0 Å². The molecule has 1 saturated heterocycles. The molecular weight excluding hydrogens is 220 g/mol. The van der Waals surface area contributed by atoms with Crippen molar-refractivity contribution in [1.82, 2.24) is 9.80 Å². The lowest BCUT2D eigenvalue weighted by atomic mass is 9.78. The lowest BCUT2D eigenvalue weighted by molar-refractivity contribution is -0.148. The topological polar surface area (TPSA) is 64.0 Å². The minimum absolute atomic E-state index is 0.153. The zero-order valence-corrected chi connectivity index (χ0v) is 10.2. The van der Waals surface area contributed by atoms with Crippen molar-refractivity contribution >= 4 is 5.97 Å². The molecule has 2 N–H and O–H groups in total. The quantitative estimate of drug-likeness (QED) is 0.718. The van der Waals surface area contributed by atoms with E-state index in [1.54, 1.807) is 0 Å². The maximum atomic E-state index is 11.0. The molecule has 1 saturated carbocycles. The van der Waals surface area contributed by atoms with E-state index < -0.39 is 5.97 Å². The van der Waals surface area contributed by atoms with Crippen molar-refractivity contribution in [2.24, 2.45) is 5.92 Å². The molecule has 1 aliphatic carbocycles. The Morgan fingerprint density at radius 1 is 1.18 bits per heavy atom. The van der Waals surface area contributed by atoms with Gasteiger partial charge in [-0.3, -0.25) is 14.6 Å². The van der Waals surface area contributed by atoms with Gasteiger partial charge in [0.15, 0.2) is 0 Å². The van der Waals surface area contributed by atoms with Crippen LogP contribution in [0.3, 0.4) is 0 Å². The van der Waals surface area contributed by atoms with Gasteiger partial charge in [-0.2, -0.15) is 0 Å². The zero-order chi connectivity index (χ0) is 12.3. The average molecular weight is 242 g/mol. The summed E-state index contributed by atoms with van der Waals surface area (Å²) in [7, 11) is 0. The molecule has 0 bridgehead atoms. The first-order valence-corrected chi connectivity index (χ1v) is 6.52. The van der Waals surface area contributed by atoms with Gasteiger partial charge in [0.2, 0.25) is 0 Å². The third-order valence-electron chi connectivity index (χ3n) is 4.06. The van der Waals surface area contributed by atoms with Crippen molar-refractivity contribution in [3.63, 3.8) is 0 Å². The minimum Gasteiger partial charge on any atom is -0.481 e. The van der Waals surface area contributed by atoms with E-state index in [9.17, 15) is 4.79 Å². The van der Waals surface area contributed by atoms with Crippen LogP contribution in [0.15, 0.2) is 0 Å². The van der Waals surface area contributed by atoms with Crippen LogP contribution in [0.4, 0.5) is 0 Å². The van der Waals surface area contributed by atoms with Crippen LogP contribution < -0.4 is 0 Å². The van der Waals surface area contributed by atoms with E-state index in [1.807, 2.05) is 0 Å². The van der Waals surface area contributed by atoms with Gasteiger partial charge in [0, 0.05) is 25.7 Å². The number of aliphatic hydroxyl groups is 1. The number of carbonyl (C=O) groups is 1. The lowest BCUT2D eigenvalue weighted by Crippen LogP contribution is -2.51. The van der Waals surface area contributed by atoms with Gasteiger partial charge in [-0.05, 0) is 32.4 Å². The summed E-state index contributed by atoms with van der Waals surface area (Å²) in [6.45, 7) is 4.85. The molecule has 98 valence electrons. The standard InChI is InChI=1S/C12H22N2O3/c15-9-8-13-4-1-5-14(7-6-13)11-3-2-10(11)12(16)17/h10-11,15H,1-9H2,(H,16,17). The number of hydrogen-bond donors (Lipinski definition) is 2. The summed E-state index contributed by atoms with van der Waals surface area (Å²) in [6.07, 6.45) is 2.93. The van der Waals surface area contributed by atoms with Crippen molar-refractivity contribution in [3.8, 4) is 0 Å². The van der Waals surface area contributed by atoms with Crippen LogP contribution in [0, 0.1) is 5.92 Å². The smallest absolute Gasteiger partial charge is 0.308 e. The molecule has 2 aliphatic rings. The van der Waals surface area contributed by atoms with Gasteiger partial charge < -0.3 is 10.2 Å². The predicted octanol–water partition coefficient (Wildman–Crippen LogP) is -0.150. The van der Waals surface area contributed by atoms with Crippen LogP contribution in [0.5, 0.6) is 0 Å². The van der Waals surface area contributed by atoms with Gasteiger partial charge in [0.1, 0.15) is 0 Å². The highest BCUT2D eigenvalue weighted by molar-refractivity contribution is 5.72. The van der Waals surface area contributed by atoms with Crippen LogP contribution in [-0.2, 0) is 4.79 Å². The Balaban J connectivity index is 1.84. The second kappa shape index (κ2) is 5.80. The summed E-state index contributed by atoms with van der Waals surface area (Å²) >= 11 is 0. The van der Waals surface area contributed by atoms with Crippen LogP contribution in [-0.4, -0.2) is 71.4 Å². The number of carboxylic acids is 1. The zero-order valence-electron chi connectivity index (χ0n) is 10.2. The fraction of sp³-hybridized carbons (Fsp3) is 0.917. The van der Waals surface area contributed by atoms with Gasteiger partial charge in [0.05, 0.1) is 12.5 Å². The summed E-state index contributed by atoms with van der Waals surface area (Å²) in [5, 5.41) is 18.0. The summed E-state index contributed by atoms with van der Waals surface area (Å²) in [6, 6.07) is 0.251. The van der Waals surface area contributed by atoms with Crippen molar-refractivity contribution in [1.29, 1.82) is 0 Å². The Kier molecular flexibility index (Phi) is 4.36. The van der Waals surface area contributed by atoms with Crippen LogP contribution >= 0.6 is 0 Å². The Morgan fingerprint density at radius 2 is 2.00 bits per heavy atom. The van der Waals surface area contributed by atoms with Gasteiger partial charge >= 0.3 is 5.97 Å². The summed E-state index contributed by atoms with van der Waals surface area (Å²) in [5.74, 6) is -0.794. The fourth-order valence-electron chi connectivity index (χ4n) is 2.90. The Hall–Kier alpha value is -0.650. The first-order valence-electron chi connectivity index (χ1n) is 6.52. The maximum Gasteiger partial charge on any atom is 0.308 e. The second-order valence-corrected chi connectivity index (χ2v) is 5.04. The number of aliphatic carboxylic acids is 1. The van der Waals surface area contributed by atoms with E-state index in [0.29, 0.717) is 0 Å². The van der Waals surface area contributed by atoms with Gasteiger partial charge in [-0.25, -0.2) is 0 Å². The average Bonchev–Trinajstić information content (AvgIpc) is 2.42. The lowest BCUT2D eigenvalue weighted by Gasteiger charge is -2.41. The molecule has 0 aromatic rings. The number of aliphatic hydroxyl groups excluding tert-OH is 1. The first kappa shape index (κ1) is 12.8. The number of rotatable bonds is 4. The van der Waals surface area contributed by atoms with Crippen LogP contribution in [0.1, 0.15) is 19.3 Å². The molecule has 0 aromatic heterocycles. The molecule has 0 spiro atoms. The third kappa shape index (κ3) is 2.97. The molecule has 1 heterocycles. The predicted molar refractivity (Wildman–Crippen MR) is 63.9 cm³/mol. The molecule has 2 atom stereocenters. The van der Waals surface area contributed by atoms with Crippen molar-refractivity contribution in [2.75, 3.05) is 39.3 Å². The molecule has 2 fully saturated rings. The number of carboxylic acid groups (broad SMARTS) is 1. The van der Waals surface area contributed by atoms with Gasteiger partial charge in [-0.1, -0.05) is 0 Å². The molecule has 2 unspecified atom stereocenters. The molecule has 5 nitrogen and oxygen atoms in total. The van der Waals surface area contributed by atoms with Crippen LogP contribution in [0.25, 0.3) is 0 Å². The Labute approximate surface area is 102 Å². The van der Waals surface area contributed by atoms with Crippen LogP contribution in [0.2, 0.25) is 0 Å². The first-order chi connectivity index (χ1) is 8.22. The highest BCUT2D eigenvalue weighted by Crippen LogP contribution is 2.32. The summed E-state index contributed by atoms with van der Waals surface area (Å²) in [5.41, 5.74) is 0. The molecule has 1 aliphatic heterocycles. The molecule has 0 radical (unpaired) electrons. The monoisotopic (exact) mass is 242 g/mol. The maximum absolute atomic E-state index is 11.0. The number of hydrogen-bond acceptors (Lipinski definition) is 4. The normalized spacial score (nSPS) is 31.8. The molecule has 0 aromatic carbocycles. The van der Waals surface area contributed by atoms with E-state index in [4.69, 9.17) is 10.2 Å². The Morgan fingerprint density at radius 3 is 2.59 bits per heavy atom. The highest BCUT2D eigenvalue weighted by Gasteiger charge is 2.40. The van der Waals surface area contributed by atoms with E-state index in [1.165, 1.54) is 0 Å². The molecule has 0 amide bonds. The van der Waals surface area contributed by atoms with E-state index >= 15 is 0 Å². The molecule has 17 heavy (non-hydrogen) atoms. The SMILES string of the molecule is O=C(O)C1CCC1N1CCCN(CCO)CC1. The third-order valence-corrected chi connectivity index (χ3v) is 4.06.